The summed E-state index contributed by atoms with van der Waals surface area (Å²) in [5.41, 5.74) is 6.95. The van der Waals surface area contributed by atoms with Crippen molar-refractivity contribution in [3.05, 3.63) is 53.7 Å². The number of carbonyl (C=O) groups excluding carboxylic acids is 1. The van der Waals surface area contributed by atoms with Gasteiger partial charge >= 0.3 is 0 Å². The maximum Gasteiger partial charge on any atom is 0.276 e. The molecule has 94 valence electrons. The van der Waals surface area contributed by atoms with Crippen LogP contribution in [0.3, 0.4) is 0 Å². The third-order valence-corrected chi connectivity index (χ3v) is 2.66. The van der Waals surface area contributed by atoms with Gasteiger partial charge in [0.2, 0.25) is 0 Å². The summed E-state index contributed by atoms with van der Waals surface area (Å²) >= 11 is 0. The van der Waals surface area contributed by atoms with Crippen LogP contribution in [0.2, 0.25) is 0 Å². The van der Waals surface area contributed by atoms with Gasteiger partial charge in [0.25, 0.3) is 5.91 Å². The van der Waals surface area contributed by atoms with E-state index in [1.807, 2.05) is 6.07 Å². The Morgan fingerprint density at radius 1 is 1.32 bits per heavy atom. The molecule has 2 aromatic rings. The molecule has 0 saturated heterocycles. The van der Waals surface area contributed by atoms with Crippen LogP contribution < -0.4 is 10.6 Å². The highest BCUT2D eigenvalue weighted by atomic mass is 16.2. The normalized spacial score (nSPS) is 9.68. The van der Waals surface area contributed by atoms with E-state index in [1.165, 1.54) is 4.90 Å². The second kappa shape index (κ2) is 5.19. The summed E-state index contributed by atoms with van der Waals surface area (Å²) in [6.07, 6.45) is 0. The van der Waals surface area contributed by atoms with Gasteiger partial charge in [0.15, 0.2) is 0 Å². The quantitative estimate of drug-likeness (QED) is 0.883. The van der Waals surface area contributed by atoms with Gasteiger partial charge in [-0.05, 0) is 30.3 Å². The third-order valence-electron chi connectivity index (χ3n) is 2.66. The second-order valence-corrected chi connectivity index (χ2v) is 3.97. The average molecular weight is 252 g/mol. The number of carbonyl (C=O) groups is 1. The zero-order chi connectivity index (χ0) is 13.8. The maximum absolute atomic E-state index is 12.2. The van der Waals surface area contributed by atoms with E-state index >= 15 is 0 Å². The van der Waals surface area contributed by atoms with Crippen molar-refractivity contribution in [2.75, 3.05) is 17.7 Å². The predicted molar refractivity (Wildman–Crippen MR) is 72.5 cm³/mol. The van der Waals surface area contributed by atoms with E-state index in [-0.39, 0.29) is 11.6 Å². The van der Waals surface area contributed by atoms with Crippen LogP contribution in [-0.2, 0) is 0 Å². The fraction of sp³-hybridized carbons (Fsp3) is 0.0714. The van der Waals surface area contributed by atoms with Gasteiger partial charge in [0.1, 0.15) is 11.5 Å². The molecule has 5 nitrogen and oxygen atoms in total. The summed E-state index contributed by atoms with van der Waals surface area (Å²) in [6.45, 7) is 0. The lowest BCUT2D eigenvalue weighted by molar-refractivity contribution is 0.0988. The molecule has 0 saturated carbocycles. The Hall–Kier alpha value is -2.87. The molecule has 19 heavy (non-hydrogen) atoms. The third kappa shape index (κ3) is 2.69. The van der Waals surface area contributed by atoms with Gasteiger partial charge in [0.05, 0.1) is 11.6 Å². The zero-order valence-corrected chi connectivity index (χ0v) is 10.4. The van der Waals surface area contributed by atoms with Gasteiger partial charge in [-0.2, -0.15) is 5.26 Å². The minimum Gasteiger partial charge on any atom is -0.384 e. The smallest absolute Gasteiger partial charge is 0.276 e. The highest BCUT2D eigenvalue weighted by Gasteiger charge is 2.15. The van der Waals surface area contributed by atoms with Crippen LogP contribution in [0.1, 0.15) is 16.1 Å². The Labute approximate surface area is 110 Å². The van der Waals surface area contributed by atoms with Crippen molar-refractivity contribution in [1.82, 2.24) is 4.98 Å². The molecule has 0 aliphatic rings. The number of benzene rings is 1. The minimum absolute atomic E-state index is 0.268. The Kier molecular flexibility index (Phi) is 3.44. The summed E-state index contributed by atoms with van der Waals surface area (Å²) in [6, 6.07) is 13.7. The summed E-state index contributed by atoms with van der Waals surface area (Å²) in [5.74, 6) is 0.0208. The largest absolute Gasteiger partial charge is 0.384 e. The Bertz CT molecular complexity index is 660. The van der Waals surface area contributed by atoms with Gasteiger partial charge < -0.3 is 10.6 Å². The van der Waals surface area contributed by atoms with Gasteiger partial charge in [-0.1, -0.05) is 12.1 Å². The standard InChI is InChI=1S/C14H12N4O/c1-18(11-5-2-4-10(8-11)9-15)14(19)12-6-3-7-13(16)17-12/h2-8H,1H3,(H2,16,17). The first-order chi connectivity index (χ1) is 9.11. The van der Waals surface area contributed by atoms with E-state index in [9.17, 15) is 4.79 Å². The first-order valence-electron chi connectivity index (χ1n) is 5.62. The molecule has 2 rings (SSSR count). The van der Waals surface area contributed by atoms with Crippen molar-refractivity contribution in [3.8, 4) is 6.07 Å². The van der Waals surface area contributed by atoms with Crippen LogP contribution in [0.15, 0.2) is 42.5 Å². The number of nitrogens with two attached hydrogens (primary N) is 1. The number of nitriles is 1. The SMILES string of the molecule is CN(C(=O)c1cccc(N)n1)c1cccc(C#N)c1. The number of amides is 1. The summed E-state index contributed by atoms with van der Waals surface area (Å²) in [4.78, 5) is 17.6. The lowest BCUT2D eigenvalue weighted by Crippen LogP contribution is -2.27. The summed E-state index contributed by atoms with van der Waals surface area (Å²) < 4.78 is 0. The molecule has 5 heteroatoms. The molecule has 0 spiro atoms. The average Bonchev–Trinajstić information content (AvgIpc) is 2.45. The molecule has 0 aliphatic carbocycles. The van der Waals surface area contributed by atoms with E-state index in [1.54, 1.807) is 49.5 Å². The Balaban J connectivity index is 2.31. The molecule has 0 bridgehead atoms. The lowest BCUT2D eigenvalue weighted by Gasteiger charge is -2.17. The number of nitrogen functional groups attached to an aromatic ring is 1. The number of rotatable bonds is 2. The van der Waals surface area contributed by atoms with Crippen LogP contribution in [-0.4, -0.2) is 17.9 Å². The van der Waals surface area contributed by atoms with E-state index < -0.39 is 0 Å². The van der Waals surface area contributed by atoms with Crippen molar-refractivity contribution < 1.29 is 4.79 Å². The fourth-order valence-electron chi connectivity index (χ4n) is 1.64. The maximum atomic E-state index is 12.2. The van der Waals surface area contributed by atoms with E-state index in [4.69, 9.17) is 11.0 Å². The molecular formula is C14H12N4O. The molecule has 1 amide bonds. The lowest BCUT2D eigenvalue weighted by atomic mass is 10.2. The fourth-order valence-corrected chi connectivity index (χ4v) is 1.64. The number of hydrogen-bond donors (Lipinski definition) is 1. The molecule has 0 radical (unpaired) electrons. The predicted octanol–water partition coefficient (Wildman–Crippen LogP) is 1.81. The highest BCUT2D eigenvalue weighted by Crippen LogP contribution is 2.16. The monoisotopic (exact) mass is 252 g/mol. The topological polar surface area (TPSA) is 83.0 Å². The molecule has 1 aromatic heterocycles. The molecule has 1 heterocycles. The number of aromatic nitrogens is 1. The molecular weight excluding hydrogens is 240 g/mol. The molecule has 0 aliphatic heterocycles. The zero-order valence-electron chi connectivity index (χ0n) is 10.4. The number of hydrogen-bond acceptors (Lipinski definition) is 4. The molecule has 2 N–H and O–H groups in total. The molecule has 0 fully saturated rings. The van der Waals surface area contributed by atoms with Crippen molar-refractivity contribution in [1.29, 1.82) is 5.26 Å². The molecule has 0 unspecified atom stereocenters. The van der Waals surface area contributed by atoms with Gasteiger partial charge in [-0.15, -0.1) is 0 Å². The first kappa shape index (κ1) is 12.6. The minimum atomic E-state index is -0.276. The van der Waals surface area contributed by atoms with Crippen LogP contribution in [0, 0.1) is 11.3 Å². The van der Waals surface area contributed by atoms with Gasteiger partial charge in [-0.25, -0.2) is 4.98 Å². The van der Waals surface area contributed by atoms with E-state index in [0.717, 1.165) is 0 Å². The number of anilines is 2. The van der Waals surface area contributed by atoms with Crippen molar-refractivity contribution >= 4 is 17.4 Å². The van der Waals surface area contributed by atoms with Gasteiger partial charge in [-0.3, -0.25) is 4.79 Å². The van der Waals surface area contributed by atoms with Gasteiger partial charge in [0, 0.05) is 12.7 Å². The van der Waals surface area contributed by atoms with Crippen LogP contribution in [0.5, 0.6) is 0 Å². The Morgan fingerprint density at radius 2 is 2.05 bits per heavy atom. The number of pyridine rings is 1. The van der Waals surface area contributed by atoms with Crippen molar-refractivity contribution in [2.24, 2.45) is 0 Å². The van der Waals surface area contributed by atoms with Crippen LogP contribution in [0.4, 0.5) is 11.5 Å². The Morgan fingerprint density at radius 3 is 2.74 bits per heavy atom. The molecule has 1 aromatic carbocycles. The second-order valence-electron chi connectivity index (χ2n) is 3.97. The van der Waals surface area contributed by atoms with Crippen LogP contribution >= 0.6 is 0 Å². The number of nitrogens with zero attached hydrogens (tertiary/aromatic N) is 3. The van der Waals surface area contributed by atoms with Crippen molar-refractivity contribution in [2.45, 2.75) is 0 Å². The van der Waals surface area contributed by atoms with Crippen LogP contribution in [0.25, 0.3) is 0 Å². The van der Waals surface area contributed by atoms with E-state index in [2.05, 4.69) is 4.98 Å². The summed E-state index contributed by atoms with van der Waals surface area (Å²) in [5, 5.41) is 8.85. The van der Waals surface area contributed by atoms with E-state index in [0.29, 0.717) is 17.1 Å². The van der Waals surface area contributed by atoms with Crippen molar-refractivity contribution in [3.63, 3.8) is 0 Å². The first-order valence-corrected chi connectivity index (χ1v) is 5.62. The highest BCUT2D eigenvalue weighted by molar-refractivity contribution is 6.04. The summed E-state index contributed by atoms with van der Waals surface area (Å²) in [7, 11) is 1.63. The molecule has 0 atom stereocenters.